The number of rotatable bonds is 3. The Morgan fingerprint density at radius 1 is 0.946 bits per heavy atom. The summed E-state index contributed by atoms with van der Waals surface area (Å²) >= 11 is 0. The van der Waals surface area contributed by atoms with Crippen molar-refractivity contribution in [2.24, 2.45) is 10.8 Å². The van der Waals surface area contributed by atoms with Crippen molar-refractivity contribution in [3.63, 3.8) is 0 Å². The summed E-state index contributed by atoms with van der Waals surface area (Å²) in [6, 6.07) is 8.69. The van der Waals surface area contributed by atoms with E-state index in [4.69, 9.17) is 23.4 Å². The fourth-order valence-electron chi connectivity index (χ4n) is 7.90. The molecule has 2 aromatic rings. The SMILES string of the molecule is COc1ccc(-c2cc3c(c(=O)o2)C[C@@]2(O)[C@@]4(C)C(=O)[C@]5(OC)C(=O)O[C@]4(CC[C@@]2(C)O3)C5(C)C)cc1. The molecule has 6 rings (SSSR count). The summed E-state index contributed by atoms with van der Waals surface area (Å²) in [6.07, 6.45) is 0.349. The van der Waals surface area contributed by atoms with E-state index in [-0.39, 0.29) is 24.8 Å². The summed E-state index contributed by atoms with van der Waals surface area (Å²) in [7, 11) is 2.88. The van der Waals surface area contributed by atoms with Crippen molar-refractivity contribution in [3.8, 4) is 22.8 Å². The number of methoxy groups -OCH3 is 2. The van der Waals surface area contributed by atoms with E-state index in [9.17, 15) is 19.5 Å². The molecular weight excluding hydrogens is 480 g/mol. The van der Waals surface area contributed by atoms with Crippen LogP contribution in [0, 0.1) is 10.8 Å². The van der Waals surface area contributed by atoms with Gasteiger partial charge in [0.2, 0.25) is 5.60 Å². The van der Waals surface area contributed by atoms with E-state index in [1.807, 2.05) is 0 Å². The lowest BCUT2D eigenvalue weighted by molar-refractivity contribution is -0.286. The van der Waals surface area contributed by atoms with Gasteiger partial charge in [-0.15, -0.1) is 0 Å². The number of carbonyl (C=O) groups excluding carboxylic acids is 2. The minimum Gasteiger partial charge on any atom is -0.497 e. The maximum absolute atomic E-state index is 14.2. The molecular formula is C28H30O9. The molecule has 0 amide bonds. The van der Waals surface area contributed by atoms with Crippen LogP contribution >= 0.6 is 0 Å². The van der Waals surface area contributed by atoms with Crippen molar-refractivity contribution in [3.05, 3.63) is 46.3 Å². The van der Waals surface area contributed by atoms with Crippen molar-refractivity contribution in [2.75, 3.05) is 14.2 Å². The van der Waals surface area contributed by atoms with Gasteiger partial charge in [0.25, 0.3) is 0 Å². The van der Waals surface area contributed by atoms with Crippen LogP contribution in [0.5, 0.6) is 11.5 Å². The molecule has 2 saturated carbocycles. The van der Waals surface area contributed by atoms with E-state index in [0.29, 0.717) is 22.8 Å². The molecule has 9 heteroatoms. The topological polar surface area (TPSA) is 122 Å². The number of benzene rings is 1. The molecule has 2 aliphatic carbocycles. The van der Waals surface area contributed by atoms with Crippen molar-refractivity contribution < 1.29 is 38.1 Å². The van der Waals surface area contributed by atoms with Crippen LogP contribution in [0.25, 0.3) is 11.3 Å². The standard InChI is InChI=1S/C28H30O9/c1-23(2)27-12-11-24(3)26(32,25(27,4)21(30)28(23,34-6)22(31)37-27)14-17-19(36-24)13-18(35-20(17)29)15-7-9-16(33-5)10-8-15/h7-10,13,32H,11-12,14H2,1-6H3/t24-,25-,26+,27-,28+/m1/s1. The third-order valence-electron chi connectivity index (χ3n) is 10.1. The molecule has 1 N–H and O–H groups in total. The van der Waals surface area contributed by atoms with E-state index in [1.54, 1.807) is 65.1 Å². The Bertz CT molecular complexity index is 1420. The zero-order valence-electron chi connectivity index (χ0n) is 21.7. The molecule has 196 valence electrons. The lowest BCUT2D eigenvalue weighted by Crippen LogP contribution is -2.79. The molecule has 5 atom stereocenters. The molecule has 3 fully saturated rings. The van der Waals surface area contributed by atoms with Gasteiger partial charge in [0.15, 0.2) is 5.78 Å². The number of Topliss-reactive ketones (excluding diaryl/α,β-unsaturated/α-hetero) is 1. The predicted molar refractivity (Wildman–Crippen MR) is 129 cm³/mol. The summed E-state index contributed by atoms with van der Waals surface area (Å²) in [6.45, 7) is 6.89. The monoisotopic (exact) mass is 510 g/mol. The average Bonchev–Trinajstić information content (AvgIpc) is 3.10. The molecule has 4 aliphatic rings. The van der Waals surface area contributed by atoms with Gasteiger partial charge in [-0.25, -0.2) is 9.59 Å². The summed E-state index contributed by atoms with van der Waals surface area (Å²) in [5.74, 6) is -0.0281. The first-order valence-corrected chi connectivity index (χ1v) is 12.3. The highest BCUT2D eigenvalue weighted by Gasteiger charge is 2.94. The van der Waals surface area contributed by atoms with Crippen LogP contribution in [0.4, 0.5) is 0 Å². The van der Waals surface area contributed by atoms with E-state index in [0.717, 1.165) is 0 Å². The Morgan fingerprint density at radius 3 is 2.24 bits per heavy atom. The molecule has 0 unspecified atom stereocenters. The van der Waals surface area contributed by atoms with Gasteiger partial charge in [-0.3, -0.25) is 4.79 Å². The Labute approximate surface area is 213 Å². The fourth-order valence-corrected chi connectivity index (χ4v) is 7.90. The van der Waals surface area contributed by atoms with Crippen molar-refractivity contribution in [2.45, 2.75) is 69.4 Å². The highest BCUT2D eigenvalue weighted by atomic mass is 16.6. The minimum absolute atomic E-state index is 0.127. The zero-order chi connectivity index (χ0) is 26.8. The highest BCUT2D eigenvalue weighted by molar-refractivity contribution is 6.17. The van der Waals surface area contributed by atoms with E-state index in [2.05, 4.69) is 0 Å². The van der Waals surface area contributed by atoms with Crippen LogP contribution in [0.15, 0.2) is 39.5 Å². The number of ether oxygens (including phenoxy) is 4. The average molecular weight is 511 g/mol. The molecule has 3 heterocycles. The van der Waals surface area contributed by atoms with Crippen molar-refractivity contribution in [1.82, 2.24) is 0 Å². The molecule has 37 heavy (non-hydrogen) atoms. The first-order valence-electron chi connectivity index (χ1n) is 12.3. The summed E-state index contributed by atoms with van der Waals surface area (Å²) < 4.78 is 28.9. The quantitative estimate of drug-likeness (QED) is 0.491. The molecule has 1 aromatic carbocycles. The van der Waals surface area contributed by atoms with Gasteiger partial charge in [-0.05, 0) is 51.0 Å². The predicted octanol–water partition coefficient (Wildman–Crippen LogP) is 2.83. The van der Waals surface area contributed by atoms with Crippen LogP contribution in [0.2, 0.25) is 0 Å². The van der Waals surface area contributed by atoms with Gasteiger partial charge < -0.3 is 28.5 Å². The van der Waals surface area contributed by atoms with Crippen LogP contribution in [0.1, 0.15) is 46.1 Å². The van der Waals surface area contributed by atoms with E-state index >= 15 is 0 Å². The molecule has 1 spiro atoms. The van der Waals surface area contributed by atoms with E-state index < -0.39 is 50.6 Å². The molecule has 9 nitrogen and oxygen atoms in total. The number of aliphatic hydroxyl groups is 1. The first-order chi connectivity index (χ1) is 17.3. The smallest absolute Gasteiger partial charge is 0.347 e. The minimum atomic E-state index is -1.89. The van der Waals surface area contributed by atoms with Crippen LogP contribution in [-0.2, 0) is 25.5 Å². The molecule has 0 radical (unpaired) electrons. The van der Waals surface area contributed by atoms with Gasteiger partial charge in [0.1, 0.15) is 39.5 Å². The number of carbonyl (C=O) groups is 2. The van der Waals surface area contributed by atoms with Crippen LogP contribution < -0.4 is 15.1 Å². The number of esters is 1. The Kier molecular flexibility index (Phi) is 4.46. The summed E-state index contributed by atoms with van der Waals surface area (Å²) in [5.41, 5.74) is -8.94. The van der Waals surface area contributed by atoms with E-state index in [1.165, 1.54) is 7.11 Å². The van der Waals surface area contributed by atoms with Crippen LogP contribution in [0.3, 0.4) is 0 Å². The zero-order valence-corrected chi connectivity index (χ0v) is 21.7. The first kappa shape index (κ1) is 24.2. The van der Waals surface area contributed by atoms with Crippen molar-refractivity contribution in [1.29, 1.82) is 0 Å². The fraction of sp³-hybridized carbons (Fsp3) is 0.536. The van der Waals surface area contributed by atoms with Gasteiger partial charge >= 0.3 is 11.6 Å². The van der Waals surface area contributed by atoms with Gasteiger partial charge in [-0.1, -0.05) is 13.8 Å². The molecule has 2 bridgehead atoms. The third kappa shape index (κ3) is 2.29. The lowest BCUT2D eigenvalue weighted by Gasteiger charge is -2.64. The third-order valence-corrected chi connectivity index (χ3v) is 10.1. The van der Waals surface area contributed by atoms with Gasteiger partial charge in [0.05, 0.1) is 18.1 Å². The maximum atomic E-state index is 14.2. The van der Waals surface area contributed by atoms with Gasteiger partial charge in [0, 0.05) is 25.2 Å². The van der Waals surface area contributed by atoms with Gasteiger partial charge in [-0.2, -0.15) is 0 Å². The summed E-state index contributed by atoms with van der Waals surface area (Å²) in [5, 5.41) is 12.5. The second-order valence-corrected chi connectivity index (χ2v) is 11.5. The number of fused-ring (bicyclic) bond motifs is 4. The van der Waals surface area contributed by atoms with Crippen molar-refractivity contribution >= 4 is 11.8 Å². The second-order valence-electron chi connectivity index (χ2n) is 11.5. The number of hydrogen-bond acceptors (Lipinski definition) is 9. The number of hydrogen-bond donors (Lipinski definition) is 1. The highest BCUT2D eigenvalue weighted by Crippen LogP contribution is 2.76. The second kappa shape index (κ2) is 6.82. The van der Waals surface area contributed by atoms with Crippen LogP contribution in [-0.4, -0.2) is 53.5 Å². The lowest BCUT2D eigenvalue weighted by atomic mass is 9.47. The summed E-state index contributed by atoms with van der Waals surface area (Å²) in [4.78, 5) is 40.6. The Balaban J connectivity index is 1.51. The Hall–Kier alpha value is -3.17. The largest absolute Gasteiger partial charge is 0.497 e. The molecule has 2 aliphatic heterocycles. The number of ketones is 1. The normalized spacial score (nSPS) is 38.8. The molecule has 1 saturated heterocycles. The maximum Gasteiger partial charge on any atom is 0.347 e. The molecule has 1 aromatic heterocycles. The Morgan fingerprint density at radius 2 is 1.62 bits per heavy atom.